The van der Waals surface area contributed by atoms with Crippen LogP contribution in [0.3, 0.4) is 0 Å². The Morgan fingerprint density at radius 2 is 2.50 bits per heavy atom. The zero-order valence-corrected chi connectivity index (χ0v) is 4.94. The van der Waals surface area contributed by atoms with Gasteiger partial charge >= 0.3 is 0 Å². The van der Waals surface area contributed by atoms with Crippen LogP contribution >= 0.6 is 8.46 Å². The van der Waals surface area contributed by atoms with Crippen LogP contribution in [0.1, 0.15) is 6.92 Å². The second-order valence-electron chi connectivity index (χ2n) is 0.917. The molecule has 0 saturated heterocycles. The van der Waals surface area contributed by atoms with Gasteiger partial charge in [0.15, 0.2) is 0 Å². The molecule has 1 atom stereocenters. The summed E-state index contributed by atoms with van der Waals surface area (Å²) in [5.74, 6) is 0. The first-order valence-corrected chi connectivity index (χ1v) is 3.30. The minimum atomic E-state index is 0.909. The van der Waals surface area contributed by atoms with E-state index in [-0.39, 0.29) is 0 Å². The molecule has 0 aliphatic rings. The Morgan fingerprint density at radius 3 is 2.67 bits per heavy atom. The molecule has 0 bridgehead atoms. The molecule has 4 heteroatoms. The standard InChI is InChI=1S/C2H6B3P/c1-2-6-5-4-3/h6H,2H2,1H3. The van der Waals surface area contributed by atoms with Gasteiger partial charge in [0.2, 0.25) is 0 Å². The van der Waals surface area contributed by atoms with E-state index in [1.807, 2.05) is 6.89 Å². The molecule has 0 nitrogen and oxygen atoms in total. The molecular weight excluding hydrogens is 87.4 g/mol. The molecule has 0 spiro atoms. The molecule has 0 amide bonds. The molecular formula is C2H6B3P. The molecule has 6 heavy (non-hydrogen) atoms. The third kappa shape index (κ3) is 4.62. The summed E-state index contributed by atoms with van der Waals surface area (Å²) in [6.45, 7) is 4.12. The largest absolute Gasteiger partial charge is 0.174 e. The number of rotatable bonds is 3. The van der Waals surface area contributed by atoms with E-state index in [4.69, 9.17) is 7.74 Å². The zero-order chi connectivity index (χ0) is 4.83. The highest BCUT2D eigenvalue weighted by atomic mass is 31.1. The van der Waals surface area contributed by atoms with Gasteiger partial charge in [0, 0.05) is 14.8 Å². The van der Waals surface area contributed by atoms with Crippen molar-refractivity contribution in [3.05, 3.63) is 0 Å². The first-order valence-electron chi connectivity index (χ1n) is 2.02. The van der Waals surface area contributed by atoms with Crippen molar-refractivity contribution in [3.63, 3.8) is 0 Å². The zero-order valence-electron chi connectivity index (χ0n) is 3.94. The highest BCUT2D eigenvalue weighted by Gasteiger charge is 1.78. The van der Waals surface area contributed by atoms with Crippen LogP contribution in [-0.2, 0) is 0 Å². The molecule has 0 saturated carbocycles. The fourth-order valence-electron chi connectivity index (χ4n) is 0.186. The smallest absolute Gasteiger partial charge is 0.0866 e. The van der Waals surface area contributed by atoms with Crippen molar-refractivity contribution in [1.82, 2.24) is 0 Å². The third-order valence-corrected chi connectivity index (χ3v) is 1.25. The van der Waals surface area contributed by atoms with Crippen molar-refractivity contribution in [3.8, 4) is 0 Å². The molecule has 0 rings (SSSR count). The van der Waals surface area contributed by atoms with Crippen LogP contribution in [0.2, 0.25) is 0 Å². The van der Waals surface area contributed by atoms with Gasteiger partial charge in [-0.05, 0) is 6.16 Å². The van der Waals surface area contributed by atoms with Gasteiger partial charge in [-0.25, -0.2) is 0 Å². The summed E-state index contributed by atoms with van der Waals surface area (Å²) in [5.41, 5.74) is 0. The van der Waals surface area contributed by atoms with E-state index < -0.39 is 0 Å². The van der Waals surface area contributed by atoms with E-state index in [9.17, 15) is 0 Å². The summed E-state index contributed by atoms with van der Waals surface area (Å²) >= 11 is 0. The van der Waals surface area contributed by atoms with Crippen LogP contribution in [0.15, 0.2) is 0 Å². The van der Waals surface area contributed by atoms with Gasteiger partial charge in [0.05, 0.1) is 6.89 Å². The lowest BCUT2D eigenvalue weighted by Gasteiger charge is -1.84. The van der Waals surface area contributed by atoms with Crippen LogP contribution in [0, 0.1) is 0 Å². The predicted octanol–water partition coefficient (Wildman–Crippen LogP) is 0.00670. The molecule has 0 aliphatic heterocycles. The van der Waals surface area contributed by atoms with Crippen LogP contribution in [0.4, 0.5) is 0 Å². The van der Waals surface area contributed by atoms with Gasteiger partial charge in [0.1, 0.15) is 0 Å². The number of hydrogen-bond donors (Lipinski definition) is 0. The molecule has 0 aromatic rings. The Kier molecular flexibility index (Phi) is 6.21. The minimum absolute atomic E-state index is 0.909. The SMILES string of the molecule is [B][B][B]PCC. The highest BCUT2D eigenvalue weighted by molar-refractivity contribution is 7.82. The van der Waals surface area contributed by atoms with Gasteiger partial charge < -0.3 is 0 Å². The van der Waals surface area contributed by atoms with E-state index >= 15 is 0 Å². The van der Waals surface area contributed by atoms with Crippen molar-refractivity contribution in [1.29, 1.82) is 0 Å². The lowest BCUT2D eigenvalue weighted by Crippen LogP contribution is -1.95. The maximum absolute atomic E-state index is 5.04. The topological polar surface area (TPSA) is 0 Å². The maximum atomic E-state index is 5.04. The van der Waals surface area contributed by atoms with Crippen molar-refractivity contribution in [2.24, 2.45) is 0 Å². The van der Waals surface area contributed by atoms with E-state index in [1.165, 1.54) is 6.16 Å². The average Bonchev–Trinajstić information content (AvgIpc) is 1.61. The first-order chi connectivity index (χ1) is 2.91. The van der Waals surface area contributed by atoms with Crippen molar-refractivity contribution in [2.45, 2.75) is 6.92 Å². The van der Waals surface area contributed by atoms with Gasteiger partial charge in [-0.3, -0.25) is 0 Å². The summed E-state index contributed by atoms with van der Waals surface area (Å²) < 4.78 is 0. The predicted molar refractivity (Wildman–Crippen MR) is 36.1 cm³/mol. The lowest BCUT2D eigenvalue weighted by molar-refractivity contribution is 1.53. The second kappa shape index (κ2) is 5.62. The molecule has 0 N–H and O–H groups in total. The van der Waals surface area contributed by atoms with Crippen LogP contribution in [-0.4, -0.2) is 27.8 Å². The average molecular weight is 93.5 g/mol. The summed E-state index contributed by atoms with van der Waals surface area (Å²) in [7, 11) is 7.55. The Morgan fingerprint density at radius 1 is 1.83 bits per heavy atom. The molecule has 0 heterocycles. The van der Waals surface area contributed by atoms with Crippen molar-refractivity contribution < 1.29 is 0 Å². The Bertz CT molecular complexity index is 20.8. The maximum Gasteiger partial charge on any atom is 0.0866 e. The molecule has 4 radical (unpaired) electrons. The Hall–Kier alpha value is 0.625. The molecule has 0 fully saturated rings. The van der Waals surface area contributed by atoms with Crippen LogP contribution in [0.25, 0.3) is 0 Å². The van der Waals surface area contributed by atoms with E-state index in [1.54, 1.807) is 7.06 Å². The summed E-state index contributed by atoms with van der Waals surface area (Å²) in [4.78, 5) is 0. The summed E-state index contributed by atoms with van der Waals surface area (Å²) in [5, 5.41) is 0. The molecule has 0 aromatic heterocycles. The Balaban J connectivity index is 2.34. The molecule has 0 aromatic carbocycles. The lowest BCUT2D eigenvalue weighted by atomic mass is 9.39. The minimum Gasteiger partial charge on any atom is -0.174 e. The summed E-state index contributed by atoms with van der Waals surface area (Å²) in [6.07, 6.45) is 1.22. The van der Waals surface area contributed by atoms with Gasteiger partial charge in [-0.2, -0.15) is 8.46 Å². The quantitative estimate of drug-likeness (QED) is 0.262. The molecule has 0 aliphatic carbocycles. The third-order valence-electron chi connectivity index (χ3n) is 0.418. The second-order valence-corrected chi connectivity index (χ2v) is 2.37. The Labute approximate surface area is 44.1 Å². The van der Waals surface area contributed by atoms with Crippen molar-refractivity contribution in [2.75, 3.05) is 6.16 Å². The van der Waals surface area contributed by atoms with E-state index in [2.05, 4.69) is 6.92 Å². The van der Waals surface area contributed by atoms with E-state index in [0.717, 1.165) is 8.46 Å². The van der Waals surface area contributed by atoms with Crippen molar-refractivity contribution >= 4 is 30.1 Å². The fourth-order valence-corrected chi connectivity index (χ4v) is 0.558. The van der Waals surface area contributed by atoms with Gasteiger partial charge in [-0.15, -0.1) is 0 Å². The molecule has 28 valence electrons. The fraction of sp³-hybridized carbons (Fsp3) is 1.00. The first kappa shape index (κ1) is 6.62. The summed E-state index contributed by atoms with van der Waals surface area (Å²) in [6, 6.07) is 0. The number of hydrogen-bond acceptors (Lipinski definition) is 0. The van der Waals surface area contributed by atoms with Crippen LogP contribution < -0.4 is 0 Å². The highest BCUT2D eigenvalue weighted by Crippen LogP contribution is 2.00. The van der Waals surface area contributed by atoms with Gasteiger partial charge in [-0.1, -0.05) is 6.92 Å². The molecule has 1 unspecified atom stereocenters. The van der Waals surface area contributed by atoms with E-state index in [0.29, 0.717) is 0 Å². The van der Waals surface area contributed by atoms with Gasteiger partial charge in [0.25, 0.3) is 0 Å². The monoisotopic (exact) mass is 94.0 g/mol. The van der Waals surface area contributed by atoms with Crippen LogP contribution in [0.5, 0.6) is 0 Å². The normalized spacial score (nSPS) is 9.50.